The van der Waals surface area contributed by atoms with Gasteiger partial charge in [-0.05, 0) is 26.3 Å². The smallest absolute Gasteiger partial charge is 0.215 e. The maximum absolute atomic E-state index is 12.6. The largest absolute Gasteiger partial charge is 0.314 e. The number of nitrogens with zero attached hydrogens (tertiary/aromatic N) is 3. The third kappa shape index (κ3) is 3.59. The molecule has 0 aliphatic carbocycles. The van der Waals surface area contributed by atoms with Crippen LogP contribution in [0.2, 0.25) is 0 Å². The quantitative estimate of drug-likeness (QED) is 0.750. The fourth-order valence-corrected chi connectivity index (χ4v) is 5.37. The van der Waals surface area contributed by atoms with Crippen LogP contribution in [-0.4, -0.2) is 93.2 Å². The number of sulfonamides is 1. The predicted molar refractivity (Wildman–Crippen MR) is 83.9 cm³/mol. The van der Waals surface area contributed by atoms with E-state index in [0.29, 0.717) is 31.7 Å². The molecule has 3 saturated heterocycles. The van der Waals surface area contributed by atoms with Crippen LogP contribution in [0.4, 0.5) is 0 Å². The van der Waals surface area contributed by atoms with E-state index in [1.54, 1.807) is 4.31 Å². The Hall–Kier alpha value is -0.210. The van der Waals surface area contributed by atoms with Gasteiger partial charge >= 0.3 is 0 Å². The number of piperazine rings is 1. The zero-order valence-corrected chi connectivity index (χ0v) is 13.8. The van der Waals surface area contributed by atoms with E-state index in [-0.39, 0.29) is 5.75 Å². The van der Waals surface area contributed by atoms with E-state index in [9.17, 15) is 8.42 Å². The average molecular weight is 316 g/mol. The molecule has 3 aliphatic heterocycles. The summed E-state index contributed by atoms with van der Waals surface area (Å²) in [5, 5.41) is 3.30. The molecule has 0 radical (unpaired) electrons. The first-order valence-electron chi connectivity index (χ1n) is 8.19. The predicted octanol–water partition coefficient (Wildman–Crippen LogP) is -0.610. The monoisotopic (exact) mass is 316 g/mol. The van der Waals surface area contributed by atoms with Crippen LogP contribution in [0.1, 0.15) is 19.3 Å². The molecule has 122 valence electrons. The number of hydrogen-bond donors (Lipinski definition) is 1. The molecule has 2 atom stereocenters. The number of likely N-dealkylation sites (N-methyl/N-ethyl adjacent to an activating group) is 1. The van der Waals surface area contributed by atoms with Crippen LogP contribution in [0.15, 0.2) is 0 Å². The molecule has 1 N–H and O–H groups in total. The molecule has 0 aromatic heterocycles. The van der Waals surface area contributed by atoms with E-state index in [4.69, 9.17) is 0 Å². The van der Waals surface area contributed by atoms with Crippen molar-refractivity contribution in [1.82, 2.24) is 19.4 Å². The summed E-state index contributed by atoms with van der Waals surface area (Å²) < 4.78 is 27.0. The van der Waals surface area contributed by atoms with Gasteiger partial charge in [-0.15, -0.1) is 0 Å². The lowest BCUT2D eigenvalue weighted by molar-refractivity contribution is 0.244. The van der Waals surface area contributed by atoms with Crippen LogP contribution < -0.4 is 5.32 Å². The van der Waals surface area contributed by atoms with Gasteiger partial charge in [0.1, 0.15) is 0 Å². The van der Waals surface area contributed by atoms with Crippen molar-refractivity contribution in [3.8, 4) is 0 Å². The summed E-state index contributed by atoms with van der Waals surface area (Å²) in [4.78, 5) is 4.65. The lowest BCUT2D eigenvalue weighted by Crippen LogP contribution is -2.47. The number of nitrogens with one attached hydrogen (secondary N) is 1. The van der Waals surface area contributed by atoms with E-state index in [2.05, 4.69) is 22.2 Å². The van der Waals surface area contributed by atoms with Gasteiger partial charge in [0.05, 0.1) is 5.75 Å². The Labute approximate surface area is 128 Å². The SMILES string of the molecule is CN1C2CCC1CN(S(=O)(=O)CCN1CCNCC1)CC2. The number of fused-ring (bicyclic) bond motifs is 2. The van der Waals surface area contributed by atoms with E-state index < -0.39 is 10.0 Å². The molecule has 0 saturated carbocycles. The summed E-state index contributed by atoms with van der Waals surface area (Å²) in [7, 11) is -0.955. The van der Waals surface area contributed by atoms with E-state index >= 15 is 0 Å². The average Bonchev–Trinajstić information content (AvgIpc) is 2.70. The minimum atomic E-state index is -3.11. The molecule has 0 spiro atoms. The van der Waals surface area contributed by atoms with Crippen molar-refractivity contribution < 1.29 is 8.42 Å². The molecule has 3 rings (SSSR count). The Bertz CT molecular complexity index is 450. The van der Waals surface area contributed by atoms with Crippen molar-refractivity contribution in [2.75, 3.05) is 58.6 Å². The maximum atomic E-state index is 12.6. The van der Waals surface area contributed by atoms with Gasteiger partial charge in [-0.25, -0.2) is 12.7 Å². The highest BCUT2D eigenvalue weighted by Crippen LogP contribution is 2.29. The summed E-state index contributed by atoms with van der Waals surface area (Å²) in [6.45, 7) is 5.93. The molecular formula is C14H28N4O2S. The molecular weight excluding hydrogens is 288 g/mol. The summed E-state index contributed by atoms with van der Waals surface area (Å²) in [5.41, 5.74) is 0. The second-order valence-corrected chi connectivity index (χ2v) is 8.69. The molecule has 0 aromatic carbocycles. The number of hydrogen-bond acceptors (Lipinski definition) is 5. The van der Waals surface area contributed by atoms with Crippen LogP contribution in [0, 0.1) is 0 Å². The first-order valence-corrected chi connectivity index (χ1v) is 9.80. The Morgan fingerprint density at radius 1 is 1.05 bits per heavy atom. The summed E-state index contributed by atoms with van der Waals surface area (Å²) in [6, 6.07) is 1.01. The molecule has 2 bridgehead atoms. The van der Waals surface area contributed by atoms with Gasteiger partial charge in [0, 0.05) is 57.9 Å². The van der Waals surface area contributed by atoms with Crippen molar-refractivity contribution in [3.63, 3.8) is 0 Å². The Morgan fingerprint density at radius 3 is 2.52 bits per heavy atom. The molecule has 6 nitrogen and oxygen atoms in total. The van der Waals surface area contributed by atoms with Crippen LogP contribution in [-0.2, 0) is 10.0 Å². The molecule has 3 heterocycles. The summed E-state index contributed by atoms with van der Waals surface area (Å²) >= 11 is 0. The van der Waals surface area contributed by atoms with Gasteiger partial charge < -0.3 is 5.32 Å². The minimum absolute atomic E-state index is 0.272. The van der Waals surface area contributed by atoms with Crippen molar-refractivity contribution >= 4 is 10.0 Å². The topological polar surface area (TPSA) is 55.9 Å². The summed E-state index contributed by atoms with van der Waals surface area (Å²) in [6.07, 6.45) is 3.36. The zero-order chi connectivity index (χ0) is 14.9. The van der Waals surface area contributed by atoms with Crippen molar-refractivity contribution in [1.29, 1.82) is 0 Å². The second-order valence-electron chi connectivity index (χ2n) is 6.60. The van der Waals surface area contributed by atoms with Gasteiger partial charge in [0.15, 0.2) is 0 Å². The van der Waals surface area contributed by atoms with E-state index in [1.807, 2.05) is 0 Å². The van der Waals surface area contributed by atoms with E-state index in [1.165, 1.54) is 6.42 Å². The third-order valence-corrected chi connectivity index (χ3v) is 7.20. The lowest BCUT2D eigenvalue weighted by Gasteiger charge is -2.29. The van der Waals surface area contributed by atoms with Crippen LogP contribution >= 0.6 is 0 Å². The van der Waals surface area contributed by atoms with Crippen molar-refractivity contribution in [2.45, 2.75) is 31.3 Å². The molecule has 3 fully saturated rings. The maximum Gasteiger partial charge on any atom is 0.215 e. The van der Waals surface area contributed by atoms with Gasteiger partial charge in [-0.3, -0.25) is 9.80 Å². The zero-order valence-electron chi connectivity index (χ0n) is 13.0. The number of rotatable bonds is 4. The highest BCUT2D eigenvalue weighted by Gasteiger charge is 2.38. The van der Waals surface area contributed by atoms with E-state index in [0.717, 1.165) is 39.0 Å². The lowest BCUT2D eigenvalue weighted by atomic mass is 10.1. The van der Waals surface area contributed by atoms with Crippen molar-refractivity contribution in [3.05, 3.63) is 0 Å². The van der Waals surface area contributed by atoms with Gasteiger partial charge in [0.2, 0.25) is 10.0 Å². The fourth-order valence-electron chi connectivity index (χ4n) is 3.84. The van der Waals surface area contributed by atoms with Gasteiger partial charge in [0.25, 0.3) is 0 Å². The normalized spacial score (nSPS) is 33.2. The Kier molecular flexibility index (Phi) is 4.85. The highest BCUT2D eigenvalue weighted by atomic mass is 32.2. The standard InChI is InChI=1S/C14H28N4O2S/c1-16-13-2-3-14(16)12-18(7-4-13)21(19,20)11-10-17-8-5-15-6-9-17/h13-15H,2-12H2,1H3. The van der Waals surface area contributed by atoms with Gasteiger partial charge in [-0.1, -0.05) is 0 Å². The Balaban J connectivity index is 1.56. The molecule has 7 heteroatoms. The minimum Gasteiger partial charge on any atom is -0.314 e. The summed E-state index contributed by atoms with van der Waals surface area (Å²) in [5.74, 6) is 0.272. The van der Waals surface area contributed by atoms with Crippen LogP contribution in [0.5, 0.6) is 0 Å². The first-order chi connectivity index (χ1) is 10.1. The third-order valence-electron chi connectivity index (χ3n) is 5.38. The first kappa shape index (κ1) is 15.7. The second kappa shape index (κ2) is 6.50. The van der Waals surface area contributed by atoms with Crippen LogP contribution in [0.3, 0.4) is 0 Å². The molecule has 21 heavy (non-hydrogen) atoms. The van der Waals surface area contributed by atoms with Gasteiger partial charge in [-0.2, -0.15) is 0 Å². The highest BCUT2D eigenvalue weighted by molar-refractivity contribution is 7.89. The van der Waals surface area contributed by atoms with Crippen molar-refractivity contribution in [2.24, 2.45) is 0 Å². The van der Waals surface area contributed by atoms with Crippen LogP contribution in [0.25, 0.3) is 0 Å². The molecule has 3 aliphatic rings. The molecule has 0 amide bonds. The Morgan fingerprint density at radius 2 is 1.76 bits per heavy atom. The molecule has 2 unspecified atom stereocenters. The molecule has 0 aromatic rings. The fraction of sp³-hybridized carbons (Fsp3) is 1.00.